The molecule has 2 aromatic rings. The maximum atomic E-state index is 12.5. The van der Waals surface area contributed by atoms with Crippen molar-refractivity contribution in [1.29, 1.82) is 0 Å². The third-order valence-electron chi connectivity index (χ3n) is 3.71. The van der Waals surface area contributed by atoms with Gasteiger partial charge in [-0.2, -0.15) is 0 Å². The number of carbonyl (C=O) groups is 1. The molecule has 3 rings (SSSR count). The van der Waals surface area contributed by atoms with E-state index in [-0.39, 0.29) is 30.5 Å². The van der Waals surface area contributed by atoms with E-state index >= 15 is 0 Å². The molecule has 0 spiro atoms. The van der Waals surface area contributed by atoms with Gasteiger partial charge in [0.25, 0.3) is 5.56 Å². The number of aromatic nitrogens is 1. The maximum Gasteiger partial charge on any atom is 0.302 e. The molecule has 0 aliphatic carbocycles. The molecule has 0 radical (unpaired) electrons. The number of nitrogens with zero attached hydrogens (tertiary/aromatic N) is 1. The zero-order valence-electron chi connectivity index (χ0n) is 11.8. The minimum Gasteiger partial charge on any atom is -0.463 e. The van der Waals surface area contributed by atoms with Crippen molar-refractivity contribution < 1.29 is 14.3 Å². The average molecular weight is 287 g/mol. The van der Waals surface area contributed by atoms with Crippen molar-refractivity contribution in [2.45, 2.75) is 32.1 Å². The first-order valence-corrected chi connectivity index (χ1v) is 7.04. The Morgan fingerprint density at radius 2 is 2.14 bits per heavy atom. The van der Waals surface area contributed by atoms with Gasteiger partial charge in [0.1, 0.15) is 12.8 Å². The molecule has 1 aliphatic rings. The number of hydrogen-bond donors (Lipinski definition) is 0. The van der Waals surface area contributed by atoms with Crippen LogP contribution >= 0.6 is 0 Å². The molecule has 5 nitrogen and oxygen atoms in total. The van der Waals surface area contributed by atoms with E-state index < -0.39 is 0 Å². The second-order valence-corrected chi connectivity index (χ2v) is 5.21. The second-order valence-electron chi connectivity index (χ2n) is 5.21. The van der Waals surface area contributed by atoms with Gasteiger partial charge in [-0.05, 0) is 30.4 Å². The summed E-state index contributed by atoms with van der Waals surface area (Å²) in [5, 5.41) is 1.61. The molecule has 1 aliphatic heterocycles. The Balaban J connectivity index is 1.80. The summed E-state index contributed by atoms with van der Waals surface area (Å²) in [6, 6.07) is 9.42. The Labute approximate surface area is 122 Å². The van der Waals surface area contributed by atoms with Crippen LogP contribution in [0, 0.1) is 0 Å². The summed E-state index contributed by atoms with van der Waals surface area (Å²) in [4.78, 5) is 23.3. The van der Waals surface area contributed by atoms with Crippen LogP contribution in [0.3, 0.4) is 0 Å². The molecule has 1 aromatic carbocycles. The van der Waals surface area contributed by atoms with Crippen LogP contribution in [0.15, 0.2) is 41.3 Å². The summed E-state index contributed by atoms with van der Waals surface area (Å²) < 4.78 is 12.4. The lowest BCUT2D eigenvalue weighted by Crippen LogP contribution is -2.25. The summed E-state index contributed by atoms with van der Waals surface area (Å²) in [5.41, 5.74) is -0.0498. The molecule has 0 unspecified atom stereocenters. The highest BCUT2D eigenvalue weighted by Gasteiger charge is 2.28. The monoisotopic (exact) mass is 287 g/mol. The van der Waals surface area contributed by atoms with Gasteiger partial charge >= 0.3 is 5.97 Å². The summed E-state index contributed by atoms with van der Waals surface area (Å²) in [6.45, 7) is 1.62. The van der Waals surface area contributed by atoms with Gasteiger partial charge in [0.15, 0.2) is 0 Å². The van der Waals surface area contributed by atoms with Gasteiger partial charge in [0, 0.05) is 18.5 Å². The van der Waals surface area contributed by atoms with Crippen molar-refractivity contribution in [3.8, 4) is 0 Å². The van der Waals surface area contributed by atoms with Crippen LogP contribution in [0.5, 0.6) is 0 Å². The van der Waals surface area contributed by atoms with E-state index in [9.17, 15) is 9.59 Å². The molecule has 0 saturated carbocycles. The molecular weight excluding hydrogens is 270 g/mol. The summed E-state index contributed by atoms with van der Waals surface area (Å²) in [7, 11) is 0. The third-order valence-corrected chi connectivity index (χ3v) is 3.71. The summed E-state index contributed by atoms with van der Waals surface area (Å²) in [6.07, 6.45) is 2.85. The Hall–Kier alpha value is -2.14. The van der Waals surface area contributed by atoms with Gasteiger partial charge in [-0.1, -0.05) is 18.2 Å². The van der Waals surface area contributed by atoms with Crippen molar-refractivity contribution in [3.05, 3.63) is 46.9 Å². The van der Waals surface area contributed by atoms with Gasteiger partial charge in [0.05, 0.1) is 6.10 Å². The van der Waals surface area contributed by atoms with E-state index in [0.29, 0.717) is 5.39 Å². The SMILES string of the molecule is CC(=O)OC[C@@H]1CC[C@H](n2ccc3ccccc3c2=O)O1. The van der Waals surface area contributed by atoms with Crippen LogP contribution in [0.1, 0.15) is 26.0 Å². The lowest BCUT2D eigenvalue weighted by Gasteiger charge is -2.16. The number of ether oxygens (including phenoxy) is 2. The minimum atomic E-state index is -0.315. The number of pyridine rings is 1. The number of hydrogen-bond acceptors (Lipinski definition) is 4. The van der Waals surface area contributed by atoms with E-state index in [1.165, 1.54) is 6.92 Å². The zero-order valence-corrected chi connectivity index (χ0v) is 11.8. The predicted octanol–water partition coefficient (Wildman–Crippen LogP) is 2.24. The lowest BCUT2D eigenvalue weighted by molar-refractivity contribution is -0.145. The highest BCUT2D eigenvalue weighted by molar-refractivity contribution is 5.81. The first-order chi connectivity index (χ1) is 10.1. The molecule has 1 fully saturated rings. The summed E-state index contributed by atoms with van der Waals surface area (Å²) >= 11 is 0. The molecule has 21 heavy (non-hydrogen) atoms. The van der Waals surface area contributed by atoms with Crippen molar-refractivity contribution in [1.82, 2.24) is 4.57 Å². The first kappa shape index (κ1) is 13.8. The zero-order chi connectivity index (χ0) is 14.8. The molecular formula is C16H17NO4. The Morgan fingerprint density at radius 1 is 1.33 bits per heavy atom. The number of carbonyl (C=O) groups excluding carboxylic acids is 1. The van der Waals surface area contributed by atoms with Crippen LogP contribution in [-0.4, -0.2) is 23.2 Å². The standard InChI is InChI=1S/C16H17NO4/c1-11(18)20-10-13-6-7-15(21-13)17-9-8-12-4-2-3-5-14(12)16(17)19/h2-5,8-9,13,15H,6-7,10H2,1H3/t13-,15+/m0/s1. The average Bonchev–Trinajstić information content (AvgIpc) is 2.94. The van der Waals surface area contributed by atoms with Crippen LogP contribution in [0.4, 0.5) is 0 Å². The highest BCUT2D eigenvalue weighted by Crippen LogP contribution is 2.27. The van der Waals surface area contributed by atoms with Crippen molar-refractivity contribution in [2.75, 3.05) is 6.61 Å². The van der Waals surface area contributed by atoms with Gasteiger partial charge in [-0.15, -0.1) is 0 Å². The molecule has 0 amide bonds. The maximum absolute atomic E-state index is 12.5. The molecule has 2 atom stereocenters. The Morgan fingerprint density at radius 3 is 2.95 bits per heavy atom. The normalized spacial score (nSPS) is 21.6. The summed E-state index contributed by atoms with van der Waals surface area (Å²) in [5.74, 6) is -0.315. The smallest absolute Gasteiger partial charge is 0.302 e. The van der Waals surface area contributed by atoms with Crippen molar-refractivity contribution >= 4 is 16.7 Å². The van der Waals surface area contributed by atoms with Crippen molar-refractivity contribution in [2.24, 2.45) is 0 Å². The Kier molecular flexibility index (Phi) is 3.75. The molecule has 1 saturated heterocycles. The van der Waals surface area contributed by atoms with E-state index in [1.807, 2.05) is 30.3 Å². The second kappa shape index (κ2) is 5.69. The van der Waals surface area contributed by atoms with Crippen LogP contribution in [0.2, 0.25) is 0 Å². The lowest BCUT2D eigenvalue weighted by atomic mass is 10.1. The molecule has 1 aromatic heterocycles. The third kappa shape index (κ3) is 2.83. The predicted molar refractivity (Wildman–Crippen MR) is 78.0 cm³/mol. The molecule has 5 heteroatoms. The fraction of sp³-hybridized carbons (Fsp3) is 0.375. The minimum absolute atomic E-state index is 0.0498. The molecule has 2 heterocycles. The topological polar surface area (TPSA) is 57.5 Å². The fourth-order valence-corrected chi connectivity index (χ4v) is 2.66. The molecule has 0 bridgehead atoms. The molecule has 0 N–H and O–H groups in total. The van der Waals surface area contributed by atoms with Crippen LogP contribution < -0.4 is 5.56 Å². The largest absolute Gasteiger partial charge is 0.463 e. The van der Waals surface area contributed by atoms with Crippen molar-refractivity contribution in [3.63, 3.8) is 0 Å². The first-order valence-electron chi connectivity index (χ1n) is 7.04. The van der Waals surface area contributed by atoms with Crippen LogP contribution in [-0.2, 0) is 14.3 Å². The quantitative estimate of drug-likeness (QED) is 0.812. The Bertz CT molecular complexity index is 722. The molecule has 110 valence electrons. The fourth-order valence-electron chi connectivity index (χ4n) is 2.66. The number of benzene rings is 1. The van der Waals surface area contributed by atoms with E-state index in [0.717, 1.165) is 18.2 Å². The number of rotatable bonds is 3. The van der Waals surface area contributed by atoms with E-state index in [4.69, 9.17) is 9.47 Å². The van der Waals surface area contributed by atoms with Gasteiger partial charge in [-0.3, -0.25) is 14.2 Å². The van der Waals surface area contributed by atoms with Gasteiger partial charge in [0.2, 0.25) is 0 Å². The van der Waals surface area contributed by atoms with Gasteiger partial charge in [-0.25, -0.2) is 0 Å². The number of esters is 1. The van der Waals surface area contributed by atoms with Crippen LogP contribution in [0.25, 0.3) is 10.8 Å². The van der Waals surface area contributed by atoms with E-state index in [1.54, 1.807) is 10.8 Å². The number of fused-ring (bicyclic) bond motifs is 1. The van der Waals surface area contributed by atoms with E-state index in [2.05, 4.69) is 0 Å². The highest BCUT2D eigenvalue weighted by atomic mass is 16.6. The van der Waals surface area contributed by atoms with Gasteiger partial charge < -0.3 is 9.47 Å².